The first-order valence-electron chi connectivity index (χ1n) is 12.3. The largest absolute Gasteiger partial charge is 0.325 e. The van der Waals surface area contributed by atoms with Crippen LogP contribution in [0, 0.1) is 0 Å². The third kappa shape index (κ3) is 5.26. The number of thioether (sulfide) groups is 1. The number of aromatic nitrogens is 3. The molecule has 0 aliphatic carbocycles. The molecule has 1 aliphatic rings. The van der Waals surface area contributed by atoms with Crippen LogP contribution < -0.4 is 5.32 Å². The predicted molar refractivity (Wildman–Crippen MR) is 143 cm³/mol. The number of nitrogens with one attached hydrogen (secondary N) is 1. The number of piperidine rings is 1. The lowest BCUT2D eigenvalue weighted by Gasteiger charge is -2.32. The zero-order valence-corrected chi connectivity index (χ0v) is 21.0. The van der Waals surface area contributed by atoms with E-state index in [4.69, 9.17) is 0 Å². The standard InChI is InChI=1S/C28H31N5OS/c1-20(32-17-9-4-10-18-32)26-30-31-28(33(26)25-13-5-3-6-14-25)35-21(2)27(34)29-24-16-15-22-11-7-8-12-23(22)19-24/h3,5-8,11-16,19-21H,4,9-10,17-18H2,1-2H3,(H,29,34)/t20-,21-/m1/s1. The van der Waals surface area contributed by atoms with Crippen molar-refractivity contribution in [3.05, 3.63) is 78.6 Å². The molecule has 6 nitrogen and oxygen atoms in total. The Morgan fingerprint density at radius 2 is 1.60 bits per heavy atom. The summed E-state index contributed by atoms with van der Waals surface area (Å²) in [5.74, 6) is 0.862. The maximum absolute atomic E-state index is 13.1. The van der Waals surface area contributed by atoms with Crippen molar-refractivity contribution in [2.45, 2.75) is 49.6 Å². The van der Waals surface area contributed by atoms with Crippen molar-refractivity contribution in [3.63, 3.8) is 0 Å². The van der Waals surface area contributed by atoms with Crippen LogP contribution in [-0.4, -0.2) is 43.9 Å². The van der Waals surface area contributed by atoms with Gasteiger partial charge in [0.25, 0.3) is 0 Å². The molecule has 1 amide bonds. The topological polar surface area (TPSA) is 63.1 Å². The molecule has 2 heterocycles. The van der Waals surface area contributed by atoms with Gasteiger partial charge in [-0.25, -0.2) is 0 Å². The highest BCUT2D eigenvalue weighted by Crippen LogP contribution is 2.31. The lowest BCUT2D eigenvalue weighted by molar-refractivity contribution is -0.115. The van der Waals surface area contributed by atoms with Gasteiger partial charge in [0.15, 0.2) is 11.0 Å². The zero-order chi connectivity index (χ0) is 24.2. The maximum atomic E-state index is 13.1. The van der Waals surface area contributed by atoms with E-state index in [1.165, 1.54) is 31.0 Å². The SMILES string of the molecule is C[C@H](c1nnc(S[C@H](C)C(=O)Nc2ccc3ccccc3c2)n1-c1ccccc1)N1CCCCC1. The van der Waals surface area contributed by atoms with Crippen LogP contribution in [0.3, 0.4) is 0 Å². The van der Waals surface area contributed by atoms with Crippen molar-refractivity contribution in [1.82, 2.24) is 19.7 Å². The van der Waals surface area contributed by atoms with Gasteiger partial charge < -0.3 is 5.32 Å². The fourth-order valence-corrected chi connectivity index (χ4v) is 5.51. The Kier molecular flexibility index (Phi) is 7.16. The molecule has 5 rings (SSSR count). The van der Waals surface area contributed by atoms with Gasteiger partial charge in [0.2, 0.25) is 5.91 Å². The van der Waals surface area contributed by atoms with Gasteiger partial charge in [0.05, 0.1) is 11.3 Å². The lowest BCUT2D eigenvalue weighted by Crippen LogP contribution is -2.33. The first kappa shape index (κ1) is 23.6. The van der Waals surface area contributed by atoms with Gasteiger partial charge in [0, 0.05) is 11.4 Å². The summed E-state index contributed by atoms with van der Waals surface area (Å²) < 4.78 is 2.11. The summed E-state index contributed by atoms with van der Waals surface area (Å²) in [7, 11) is 0. The Morgan fingerprint density at radius 3 is 2.37 bits per heavy atom. The van der Waals surface area contributed by atoms with Crippen molar-refractivity contribution in [2.24, 2.45) is 0 Å². The van der Waals surface area contributed by atoms with Gasteiger partial charge in [-0.3, -0.25) is 14.3 Å². The molecule has 0 saturated carbocycles. The molecule has 1 aliphatic heterocycles. The molecule has 180 valence electrons. The van der Waals surface area contributed by atoms with Crippen LogP contribution >= 0.6 is 11.8 Å². The molecular formula is C28H31N5OS. The van der Waals surface area contributed by atoms with Gasteiger partial charge in [-0.15, -0.1) is 10.2 Å². The highest BCUT2D eigenvalue weighted by Gasteiger charge is 2.27. The number of benzene rings is 3. The number of carbonyl (C=O) groups excluding carboxylic acids is 1. The van der Waals surface area contributed by atoms with E-state index in [2.05, 4.69) is 56.2 Å². The number of likely N-dealkylation sites (tertiary alicyclic amines) is 1. The number of amides is 1. The lowest BCUT2D eigenvalue weighted by atomic mass is 10.1. The first-order chi connectivity index (χ1) is 17.1. The molecular weight excluding hydrogens is 454 g/mol. The normalized spacial score (nSPS) is 16.2. The first-order valence-corrected chi connectivity index (χ1v) is 13.2. The number of carbonyl (C=O) groups is 1. The molecule has 3 aromatic carbocycles. The average molecular weight is 486 g/mol. The molecule has 0 spiro atoms. The fraction of sp³-hybridized carbons (Fsp3) is 0.321. The summed E-state index contributed by atoms with van der Waals surface area (Å²) in [5, 5.41) is 14.9. The van der Waals surface area contributed by atoms with E-state index in [0.717, 1.165) is 46.2 Å². The van der Waals surface area contributed by atoms with Crippen LogP contribution in [0.5, 0.6) is 0 Å². The smallest absolute Gasteiger partial charge is 0.237 e. The van der Waals surface area contributed by atoms with Gasteiger partial charge in [-0.1, -0.05) is 66.7 Å². The van der Waals surface area contributed by atoms with E-state index < -0.39 is 0 Å². The third-order valence-electron chi connectivity index (χ3n) is 6.65. The summed E-state index contributed by atoms with van der Waals surface area (Å²) in [4.78, 5) is 15.6. The number of fused-ring (bicyclic) bond motifs is 1. The number of para-hydroxylation sites is 1. The molecule has 35 heavy (non-hydrogen) atoms. The van der Waals surface area contributed by atoms with Crippen molar-refractivity contribution in [2.75, 3.05) is 18.4 Å². The summed E-state index contributed by atoms with van der Waals surface area (Å²) >= 11 is 1.44. The Labute approximate surface area is 210 Å². The van der Waals surface area contributed by atoms with Crippen molar-refractivity contribution in [1.29, 1.82) is 0 Å². The van der Waals surface area contributed by atoms with E-state index in [1.54, 1.807) is 0 Å². The second-order valence-corrected chi connectivity index (χ2v) is 10.4. The predicted octanol–water partition coefficient (Wildman–Crippen LogP) is 6.09. The van der Waals surface area contributed by atoms with Crippen molar-refractivity contribution >= 4 is 34.1 Å². The van der Waals surface area contributed by atoms with Crippen LogP contribution in [0.4, 0.5) is 5.69 Å². The molecule has 0 bridgehead atoms. The minimum absolute atomic E-state index is 0.0569. The molecule has 0 unspecified atom stereocenters. The van der Waals surface area contributed by atoms with Gasteiger partial charge in [-0.2, -0.15) is 0 Å². The Morgan fingerprint density at radius 1 is 0.886 bits per heavy atom. The Hall–Kier alpha value is -3.16. The monoisotopic (exact) mass is 485 g/mol. The van der Waals surface area contributed by atoms with Crippen molar-refractivity contribution < 1.29 is 4.79 Å². The summed E-state index contributed by atoms with van der Waals surface area (Å²) in [6.45, 7) is 6.28. The van der Waals surface area contributed by atoms with Gasteiger partial charge >= 0.3 is 0 Å². The van der Waals surface area contributed by atoms with Crippen molar-refractivity contribution in [3.8, 4) is 5.69 Å². The number of hydrogen-bond donors (Lipinski definition) is 1. The summed E-state index contributed by atoms with van der Waals surface area (Å²) in [6, 6.07) is 24.5. The maximum Gasteiger partial charge on any atom is 0.237 e. The molecule has 2 atom stereocenters. The third-order valence-corrected chi connectivity index (χ3v) is 7.70. The van der Waals surface area contributed by atoms with E-state index in [1.807, 2.05) is 55.5 Å². The number of anilines is 1. The molecule has 7 heteroatoms. The highest BCUT2D eigenvalue weighted by molar-refractivity contribution is 8.00. The number of nitrogens with zero attached hydrogens (tertiary/aromatic N) is 4. The minimum Gasteiger partial charge on any atom is -0.325 e. The highest BCUT2D eigenvalue weighted by atomic mass is 32.2. The van der Waals surface area contributed by atoms with E-state index in [0.29, 0.717) is 0 Å². The van der Waals surface area contributed by atoms with Crippen LogP contribution in [0.2, 0.25) is 0 Å². The van der Waals surface area contributed by atoms with E-state index >= 15 is 0 Å². The van der Waals surface area contributed by atoms with Crippen LogP contribution in [-0.2, 0) is 4.79 Å². The summed E-state index contributed by atoms with van der Waals surface area (Å²) in [5.41, 5.74) is 1.81. The zero-order valence-electron chi connectivity index (χ0n) is 20.2. The Balaban J connectivity index is 1.37. The molecule has 1 N–H and O–H groups in total. The van der Waals surface area contributed by atoms with E-state index in [9.17, 15) is 4.79 Å². The molecule has 4 aromatic rings. The molecule has 1 aromatic heterocycles. The minimum atomic E-state index is -0.341. The van der Waals surface area contributed by atoms with Crippen LogP contribution in [0.1, 0.15) is 45.0 Å². The second kappa shape index (κ2) is 10.6. The molecule has 1 saturated heterocycles. The molecule has 1 fully saturated rings. The van der Waals surface area contributed by atoms with Crippen LogP contribution in [0.15, 0.2) is 78.0 Å². The second-order valence-electron chi connectivity index (χ2n) is 9.10. The van der Waals surface area contributed by atoms with E-state index in [-0.39, 0.29) is 17.2 Å². The average Bonchev–Trinajstić information content (AvgIpc) is 3.32. The summed E-state index contributed by atoms with van der Waals surface area (Å²) in [6.07, 6.45) is 3.73. The quantitative estimate of drug-likeness (QED) is 0.321. The molecule has 0 radical (unpaired) electrons. The Bertz CT molecular complexity index is 1300. The van der Waals surface area contributed by atoms with Gasteiger partial charge in [-0.05, 0) is 74.8 Å². The van der Waals surface area contributed by atoms with Crippen LogP contribution in [0.25, 0.3) is 16.5 Å². The van der Waals surface area contributed by atoms with Gasteiger partial charge in [0.1, 0.15) is 0 Å². The fourth-order valence-electron chi connectivity index (χ4n) is 4.64. The number of rotatable bonds is 7. The number of hydrogen-bond acceptors (Lipinski definition) is 5.